The third-order valence-corrected chi connectivity index (χ3v) is 5.14. The third-order valence-electron chi connectivity index (χ3n) is 3.80. The Bertz CT molecular complexity index is 1040. The monoisotopic (exact) mass is 424 g/mol. The van der Waals surface area contributed by atoms with E-state index in [1.54, 1.807) is 4.68 Å². The normalized spacial score (nSPS) is 10.7. The zero-order valence-electron chi connectivity index (χ0n) is 13.5. The van der Waals surface area contributed by atoms with E-state index in [0.717, 1.165) is 27.0 Å². The van der Waals surface area contributed by atoms with Gasteiger partial charge in [-0.1, -0.05) is 58.4 Å². The summed E-state index contributed by atoms with van der Waals surface area (Å²) in [6, 6.07) is 19.6. The minimum Gasteiger partial charge on any atom is -0.313 e. The third kappa shape index (κ3) is 3.31. The maximum Gasteiger partial charge on any atom is 0.212 e. The van der Waals surface area contributed by atoms with Crippen molar-refractivity contribution in [1.82, 2.24) is 14.8 Å². The lowest BCUT2D eigenvalue weighted by Crippen LogP contribution is -2.04. The lowest BCUT2D eigenvalue weighted by atomic mass is 10.2. The highest BCUT2D eigenvalue weighted by Crippen LogP contribution is 2.29. The summed E-state index contributed by atoms with van der Waals surface area (Å²) >= 11 is 4.91. The maximum atomic E-state index is 11.0. The fraction of sp³-hybridized carbons (Fsp3) is 0. The Labute approximate surface area is 162 Å². The first kappa shape index (κ1) is 16.7. The predicted molar refractivity (Wildman–Crippen MR) is 107 cm³/mol. The standard InChI is InChI=1S/C19H13BrN4OS/c20-15-8-6-14(7-9-15)17-11-26-19(22-17)24-18(21-12-25)10-16(23-24)13-4-2-1-3-5-13/h1-12H,(H,21,25). The van der Waals surface area contributed by atoms with E-state index in [-0.39, 0.29) is 0 Å². The Hall–Kier alpha value is -2.77. The van der Waals surface area contributed by atoms with Gasteiger partial charge in [-0.25, -0.2) is 4.98 Å². The van der Waals surface area contributed by atoms with Crippen LogP contribution < -0.4 is 5.32 Å². The number of carbonyl (C=O) groups excluding carboxylic acids is 1. The average Bonchev–Trinajstić information content (AvgIpc) is 3.31. The van der Waals surface area contributed by atoms with Crippen molar-refractivity contribution in [3.63, 3.8) is 0 Å². The van der Waals surface area contributed by atoms with Gasteiger partial charge in [-0.2, -0.15) is 9.78 Å². The molecule has 2 aromatic heterocycles. The molecular formula is C19H13BrN4OS. The summed E-state index contributed by atoms with van der Waals surface area (Å²) in [4.78, 5) is 15.7. The van der Waals surface area contributed by atoms with E-state index in [4.69, 9.17) is 0 Å². The largest absolute Gasteiger partial charge is 0.313 e. The first-order valence-electron chi connectivity index (χ1n) is 7.82. The number of carbonyl (C=O) groups is 1. The van der Waals surface area contributed by atoms with Crippen LogP contribution >= 0.6 is 27.3 Å². The van der Waals surface area contributed by atoms with Gasteiger partial charge in [0.2, 0.25) is 11.5 Å². The van der Waals surface area contributed by atoms with Crippen molar-refractivity contribution in [2.75, 3.05) is 5.32 Å². The van der Waals surface area contributed by atoms with Crippen LogP contribution in [0.5, 0.6) is 0 Å². The zero-order chi connectivity index (χ0) is 17.9. The molecule has 1 amide bonds. The van der Waals surface area contributed by atoms with Gasteiger partial charge >= 0.3 is 0 Å². The molecule has 0 fully saturated rings. The quantitative estimate of drug-likeness (QED) is 0.458. The number of anilines is 1. The number of halogens is 1. The summed E-state index contributed by atoms with van der Waals surface area (Å²) in [5, 5.41) is 10.00. The molecular weight excluding hydrogens is 412 g/mol. The van der Waals surface area contributed by atoms with Gasteiger partial charge in [0.05, 0.1) is 11.4 Å². The summed E-state index contributed by atoms with van der Waals surface area (Å²) in [5.74, 6) is 0.579. The molecule has 4 rings (SSSR count). The molecule has 0 aliphatic carbocycles. The van der Waals surface area contributed by atoms with Crippen molar-refractivity contribution in [3.05, 3.63) is 70.5 Å². The van der Waals surface area contributed by atoms with Crippen LogP contribution in [0.2, 0.25) is 0 Å². The van der Waals surface area contributed by atoms with Crippen molar-refractivity contribution in [2.24, 2.45) is 0 Å². The van der Waals surface area contributed by atoms with Crippen molar-refractivity contribution < 1.29 is 4.79 Å². The molecule has 128 valence electrons. The van der Waals surface area contributed by atoms with E-state index < -0.39 is 0 Å². The van der Waals surface area contributed by atoms with Crippen LogP contribution in [0.1, 0.15) is 0 Å². The van der Waals surface area contributed by atoms with E-state index in [1.807, 2.05) is 66.0 Å². The fourth-order valence-electron chi connectivity index (χ4n) is 2.55. The lowest BCUT2D eigenvalue weighted by Gasteiger charge is -2.01. The van der Waals surface area contributed by atoms with Crippen LogP contribution in [-0.2, 0) is 4.79 Å². The molecule has 0 unspecified atom stereocenters. The summed E-state index contributed by atoms with van der Waals surface area (Å²) in [5.41, 5.74) is 3.64. The van der Waals surface area contributed by atoms with Crippen molar-refractivity contribution >= 4 is 39.5 Å². The molecule has 0 radical (unpaired) electrons. The second kappa shape index (κ2) is 7.23. The summed E-state index contributed by atoms with van der Waals surface area (Å²) in [7, 11) is 0. The second-order valence-electron chi connectivity index (χ2n) is 5.48. The minimum absolute atomic E-state index is 0.579. The zero-order valence-corrected chi connectivity index (χ0v) is 15.9. The van der Waals surface area contributed by atoms with Gasteiger partial charge in [-0.05, 0) is 12.1 Å². The van der Waals surface area contributed by atoms with Crippen molar-refractivity contribution in [1.29, 1.82) is 0 Å². The van der Waals surface area contributed by atoms with E-state index >= 15 is 0 Å². The number of rotatable bonds is 5. The van der Waals surface area contributed by atoms with Gasteiger partial charge in [0.1, 0.15) is 5.82 Å². The Morgan fingerprint density at radius 1 is 1.00 bits per heavy atom. The Morgan fingerprint density at radius 2 is 1.73 bits per heavy atom. The Kier molecular flexibility index (Phi) is 4.64. The summed E-state index contributed by atoms with van der Waals surface area (Å²) in [6.45, 7) is 0. The molecule has 0 bridgehead atoms. The number of nitrogens with zero attached hydrogens (tertiary/aromatic N) is 3. The van der Waals surface area contributed by atoms with Crippen molar-refractivity contribution in [3.8, 4) is 27.6 Å². The first-order chi connectivity index (χ1) is 12.7. The minimum atomic E-state index is 0.579. The fourth-order valence-corrected chi connectivity index (χ4v) is 3.62. The van der Waals surface area contributed by atoms with Gasteiger partial charge in [-0.3, -0.25) is 4.79 Å². The van der Waals surface area contributed by atoms with Crippen LogP contribution in [0.15, 0.2) is 70.5 Å². The molecule has 0 saturated carbocycles. The molecule has 0 aliphatic heterocycles. The van der Waals surface area contributed by atoms with Gasteiger partial charge in [0.25, 0.3) is 0 Å². The van der Waals surface area contributed by atoms with E-state index in [9.17, 15) is 4.79 Å². The number of amides is 1. The van der Waals surface area contributed by atoms with Gasteiger partial charge in [0, 0.05) is 27.0 Å². The smallest absolute Gasteiger partial charge is 0.212 e. The van der Waals surface area contributed by atoms with Gasteiger partial charge < -0.3 is 5.32 Å². The average molecular weight is 425 g/mol. The molecule has 0 aliphatic rings. The molecule has 2 aromatic carbocycles. The topological polar surface area (TPSA) is 59.8 Å². The van der Waals surface area contributed by atoms with Gasteiger partial charge in [-0.15, -0.1) is 11.3 Å². The molecule has 7 heteroatoms. The number of hydrogen-bond acceptors (Lipinski definition) is 4. The maximum absolute atomic E-state index is 11.0. The molecule has 1 N–H and O–H groups in total. The molecule has 2 heterocycles. The number of thiazole rings is 1. The number of nitrogens with one attached hydrogen (secondary N) is 1. The lowest BCUT2D eigenvalue weighted by molar-refractivity contribution is -0.105. The highest BCUT2D eigenvalue weighted by atomic mass is 79.9. The molecule has 0 atom stereocenters. The molecule has 4 aromatic rings. The van der Waals surface area contributed by atoms with Crippen LogP contribution in [-0.4, -0.2) is 21.2 Å². The van der Waals surface area contributed by atoms with Gasteiger partial charge in [0.15, 0.2) is 0 Å². The Morgan fingerprint density at radius 3 is 2.46 bits per heavy atom. The second-order valence-corrected chi connectivity index (χ2v) is 7.23. The molecule has 0 saturated heterocycles. The predicted octanol–water partition coefficient (Wildman–Crippen LogP) is 4.99. The summed E-state index contributed by atoms with van der Waals surface area (Å²) < 4.78 is 2.68. The number of hydrogen-bond donors (Lipinski definition) is 1. The van der Waals surface area contributed by atoms with Crippen LogP contribution in [0.4, 0.5) is 5.82 Å². The van der Waals surface area contributed by atoms with Crippen molar-refractivity contribution in [2.45, 2.75) is 0 Å². The van der Waals surface area contributed by atoms with Crippen LogP contribution in [0.3, 0.4) is 0 Å². The number of aromatic nitrogens is 3. The summed E-state index contributed by atoms with van der Waals surface area (Å²) in [6.07, 6.45) is 0.644. The van der Waals surface area contributed by atoms with E-state index in [0.29, 0.717) is 17.4 Å². The highest BCUT2D eigenvalue weighted by molar-refractivity contribution is 9.10. The van der Waals surface area contributed by atoms with E-state index in [1.165, 1.54) is 11.3 Å². The number of benzene rings is 2. The SMILES string of the molecule is O=CNc1cc(-c2ccccc2)nn1-c1nc(-c2ccc(Br)cc2)cs1. The van der Waals surface area contributed by atoms with Crippen LogP contribution in [0, 0.1) is 0 Å². The highest BCUT2D eigenvalue weighted by Gasteiger charge is 2.14. The Balaban J connectivity index is 1.74. The van der Waals surface area contributed by atoms with E-state index in [2.05, 4.69) is 31.3 Å². The van der Waals surface area contributed by atoms with Crippen LogP contribution in [0.25, 0.3) is 27.6 Å². The molecule has 5 nitrogen and oxygen atoms in total. The first-order valence-corrected chi connectivity index (χ1v) is 9.49. The molecule has 0 spiro atoms. The molecule has 26 heavy (non-hydrogen) atoms.